The predicted molar refractivity (Wildman–Crippen MR) is 102 cm³/mol. The summed E-state index contributed by atoms with van der Waals surface area (Å²) in [4.78, 5) is 22.8. The summed E-state index contributed by atoms with van der Waals surface area (Å²) in [5.74, 6) is 2.07. The van der Waals surface area contributed by atoms with Gasteiger partial charge in [-0.05, 0) is 19.8 Å². The Morgan fingerprint density at radius 3 is 2.50 bits per heavy atom. The van der Waals surface area contributed by atoms with Crippen molar-refractivity contribution in [2.45, 2.75) is 19.8 Å². The van der Waals surface area contributed by atoms with Crippen LogP contribution in [0.1, 0.15) is 18.7 Å². The molecule has 1 aromatic heterocycles. The van der Waals surface area contributed by atoms with Crippen LogP contribution < -0.4 is 15.5 Å². The highest BCUT2D eigenvalue weighted by molar-refractivity contribution is 7.88. The molecule has 0 spiro atoms. The van der Waals surface area contributed by atoms with Gasteiger partial charge in [0.15, 0.2) is 0 Å². The normalized spacial score (nSPS) is 16.3. The fraction of sp³-hybridized carbons (Fsp3) is 0.688. The van der Waals surface area contributed by atoms with Crippen LogP contribution in [0.25, 0.3) is 0 Å². The quantitative estimate of drug-likeness (QED) is 0.640. The number of amides is 1. The molecule has 1 aromatic rings. The maximum Gasteiger partial charge on any atom is 0.223 e. The zero-order valence-corrected chi connectivity index (χ0v) is 16.6. The van der Waals surface area contributed by atoms with Gasteiger partial charge in [-0.15, -0.1) is 0 Å². The summed E-state index contributed by atoms with van der Waals surface area (Å²) < 4.78 is 24.4. The van der Waals surface area contributed by atoms with E-state index in [2.05, 4.69) is 20.6 Å². The molecule has 0 unspecified atom stereocenters. The van der Waals surface area contributed by atoms with Crippen LogP contribution in [0, 0.1) is 12.8 Å². The predicted octanol–water partition coefficient (Wildman–Crippen LogP) is 0.0507. The minimum absolute atomic E-state index is 0.0206. The molecular weight excluding hydrogens is 356 g/mol. The van der Waals surface area contributed by atoms with E-state index >= 15 is 0 Å². The van der Waals surface area contributed by atoms with Gasteiger partial charge in [-0.1, -0.05) is 0 Å². The highest BCUT2D eigenvalue weighted by Crippen LogP contribution is 2.19. The van der Waals surface area contributed by atoms with Gasteiger partial charge in [0.1, 0.15) is 17.5 Å². The number of rotatable bonds is 7. The molecule has 10 heteroatoms. The largest absolute Gasteiger partial charge is 0.368 e. The summed E-state index contributed by atoms with van der Waals surface area (Å²) in [5.41, 5.74) is 0. The third kappa shape index (κ3) is 5.80. The zero-order chi connectivity index (χ0) is 19.3. The fourth-order valence-electron chi connectivity index (χ4n) is 2.84. The number of hydrogen-bond donors (Lipinski definition) is 2. The molecule has 0 radical (unpaired) electrons. The second kappa shape index (κ2) is 8.63. The third-order valence-corrected chi connectivity index (χ3v) is 5.61. The van der Waals surface area contributed by atoms with Crippen molar-refractivity contribution in [3.05, 3.63) is 11.9 Å². The number of piperidine rings is 1. The van der Waals surface area contributed by atoms with Crippen LogP contribution >= 0.6 is 0 Å². The average Bonchev–Trinajstić information content (AvgIpc) is 2.57. The average molecular weight is 385 g/mol. The number of aromatic nitrogens is 2. The molecule has 26 heavy (non-hydrogen) atoms. The molecule has 2 rings (SSSR count). The molecule has 9 nitrogen and oxygen atoms in total. The maximum absolute atomic E-state index is 12.2. The van der Waals surface area contributed by atoms with E-state index in [1.807, 2.05) is 32.0 Å². The summed E-state index contributed by atoms with van der Waals surface area (Å²) in [6.07, 6.45) is 2.32. The molecular formula is C16H28N6O3S. The number of nitrogens with zero attached hydrogens (tertiary/aromatic N) is 4. The van der Waals surface area contributed by atoms with Gasteiger partial charge in [0.25, 0.3) is 0 Å². The molecule has 0 aliphatic carbocycles. The third-order valence-electron chi connectivity index (χ3n) is 4.31. The lowest BCUT2D eigenvalue weighted by Crippen LogP contribution is -2.43. The van der Waals surface area contributed by atoms with Gasteiger partial charge in [0.2, 0.25) is 15.9 Å². The van der Waals surface area contributed by atoms with Gasteiger partial charge < -0.3 is 15.5 Å². The van der Waals surface area contributed by atoms with E-state index in [0.717, 1.165) is 11.6 Å². The van der Waals surface area contributed by atoms with Gasteiger partial charge in [0, 0.05) is 52.3 Å². The fourth-order valence-corrected chi connectivity index (χ4v) is 3.72. The van der Waals surface area contributed by atoms with Crippen molar-refractivity contribution >= 4 is 27.6 Å². The molecule has 1 amide bonds. The highest BCUT2D eigenvalue weighted by Gasteiger charge is 2.28. The first kappa shape index (κ1) is 20.4. The Morgan fingerprint density at radius 2 is 1.92 bits per heavy atom. The molecule has 2 heterocycles. The second-order valence-corrected chi connectivity index (χ2v) is 8.69. The lowest BCUT2D eigenvalue weighted by Gasteiger charge is -2.29. The highest BCUT2D eigenvalue weighted by atomic mass is 32.2. The van der Waals surface area contributed by atoms with E-state index in [-0.39, 0.29) is 11.8 Å². The second-order valence-electron chi connectivity index (χ2n) is 6.71. The molecule has 0 atom stereocenters. The molecule has 0 saturated carbocycles. The number of carbonyl (C=O) groups excluding carboxylic acids is 1. The van der Waals surface area contributed by atoms with Crippen LogP contribution in [-0.2, 0) is 14.8 Å². The summed E-state index contributed by atoms with van der Waals surface area (Å²) in [6, 6.07) is 1.86. The van der Waals surface area contributed by atoms with E-state index < -0.39 is 10.0 Å². The van der Waals surface area contributed by atoms with Gasteiger partial charge in [-0.3, -0.25) is 4.79 Å². The van der Waals surface area contributed by atoms with Crippen LogP contribution in [0.3, 0.4) is 0 Å². The Labute approximate surface area is 155 Å². The van der Waals surface area contributed by atoms with Crippen LogP contribution in [-0.4, -0.2) is 75.1 Å². The first-order valence-electron chi connectivity index (χ1n) is 8.66. The SMILES string of the molecule is Cc1nc(NCCNC(=O)C2CCN(S(C)(=O)=O)CC2)cc(N(C)C)n1. The number of anilines is 2. The van der Waals surface area contributed by atoms with E-state index in [4.69, 9.17) is 0 Å². The first-order valence-corrected chi connectivity index (χ1v) is 10.5. The number of carbonyl (C=O) groups is 1. The molecule has 1 aliphatic rings. The van der Waals surface area contributed by atoms with Crippen molar-refractivity contribution in [1.82, 2.24) is 19.6 Å². The van der Waals surface area contributed by atoms with Gasteiger partial charge in [0.05, 0.1) is 6.26 Å². The summed E-state index contributed by atoms with van der Waals surface area (Å²) in [7, 11) is 0.671. The lowest BCUT2D eigenvalue weighted by molar-refractivity contribution is -0.126. The molecule has 1 fully saturated rings. The minimum Gasteiger partial charge on any atom is -0.368 e. The van der Waals surface area contributed by atoms with Crippen molar-refractivity contribution in [2.24, 2.45) is 5.92 Å². The molecule has 0 bridgehead atoms. The molecule has 2 N–H and O–H groups in total. The van der Waals surface area contributed by atoms with Crippen molar-refractivity contribution < 1.29 is 13.2 Å². The number of hydrogen-bond acceptors (Lipinski definition) is 7. The van der Waals surface area contributed by atoms with Gasteiger partial charge in [-0.25, -0.2) is 22.7 Å². The Kier molecular flexibility index (Phi) is 6.76. The Balaban J connectivity index is 1.74. The van der Waals surface area contributed by atoms with E-state index in [9.17, 15) is 13.2 Å². The smallest absolute Gasteiger partial charge is 0.223 e. The van der Waals surface area contributed by atoms with Crippen molar-refractivity contribution in [2.75, 3.05) is 56.7 Å². The summed E-state index contributed by atoms with van der Waals surface area (Å²) in [6.45, 7) is 3.68. The van der Waals surface area contributed by atoms with Gasteiger partial charge in [-0.2, -0.15) is 0 Å². The number of nitrogens with one attached hydrogen (secondary N) is 2. The first-order chi connectivity index (χ1) is 12.2. The van der Waals surface area contributed by atoms with Crippen LogP contribution in [0.5, 0.6) is 0 Å². The van der Waals surface area contributed by atoms with Crippen molar-refractivity contribution in [3.63, 3.8) is 0 Å². The van der Waals surface area contributed by atoms with E-state index in [1.54, 1.807) is 0 Å². The van der Waals surface area contributed by atoms with Crippen LogP contribution in [0.4, 0.5) is 11.6 Å². The topological polar surface area (TPSA) is 108 Å². The van der Waals surface area contributed by atoms with Crippen molar-refractivity contribution in [1.29, 1.82) is 0 Å². The minimum atomic E-state index is -3.16. The van der Waals surface area contributed by atoms with Crippen LogP contribution in [0.2, 0.25) is 0 Å². The molecule has 146 valence electrons. The molecule has 1 aliphatic heterocycles. The summed E-state index contributed by atoms with van der Waals surface area (Å²) >= 11 is 0. The standard InChI is InChI=1S/C16H28N6O3S/c1-12-19-14(11-15(20-12)21(2)3)17-7-8-18-16(23)13-5-9-22(10-6-13)26(4,24)25/h11,13H,5-10H2,1-4H3,(H,18,23)(H,17,19,20). The zero-order valence-electron chi connectivity index (χ0n) is 15.8. The summed E-state index contributed by atoms with van der Waals surface area (Å²) in [5, 5.41) is 6.09. The van der Waals surface area contributed by atoms with E-state index in [0.29, 0.717) is 44.8 Å². The van der Waals surface area contributed by atoms with E-state index in [1.165, 1.54) is 10.6 Å². The van der Waals surface area contributed by atoms with Gasteiger partial charge >= 0.3 is 0 Å². The lowest BCUT2D eigenvalue weighted by atomic mass is 9.97. The Bertz CT molecular complexity index is 730. The van der Waals surface area contributed by atoms with Crippen molar-refractivity contribution in [3.8, 4) is 0 Å². The number of aryl methyl sites for hydroxylation is 1. The Hall–Kier alpha value is -1.94. The van der Waals surface area contributed by atoms with Crippen LogP contribution in [0.15, 0.2) is 6.07 Å². The number of sulfonamides is 1. The molecule has 0 aromatic carbocycles. The Morgan fingerprint density at radius 1 is 1.27 bits per heavy atom. The monoisotopic (exact) mass is 384 g/mol. The molecule has 1 saturated heterocycles. The maximum atomic E-state index is 12.2.